The first kappa shape index (κ1) is 24.0. The number of aldehydes is 1. The minimum Gasteiger partial charge on any atom is -0.497 e. The van der Waals surface area contributed by atoms with E-state index in [0.717, 1.165) is 6.29 Å². The van der Waals surface area contributed by atoms with Crippen LogP contribution in [-0.2, 0) is 14.0 Å². The quantitative estimate of drug-likeness (QED) is 0.556. The smallest absolute Gasteiger partial charge is 0.492 e. The van der Waals surface area contributed by atoms with E-state index in [9.17, 15) is 9.59 Å². The molecule has 164 valence electrons. The van der Waals surface area contributed by atoms with Crippen molar-refractivity contribution in [3.63, 3.8) is 0 Å². The largest absolute Gasteiger partial charge is 0.497 e. The Balaban J connectivity index is 2.36. The predicted octanol–water partition coefficient (Wildman–Crippen LogP) is 4.05. The van der Waals surface area contributed by atoms with Gasteiger partial charge in [0, 0.05) is 12.1 Å². The van der Waals surface area contributed by atoms with Crippen LogP contribution in [0.5, 0.6) is 5.75 Å². The van der Waals surface area contributed by atoms with Crippen LogP contribution >= 0.6 is 0 Å². The third-order valence-electron chi connectivity index (χ3n) is 5.15. The summed E-state index contributed by atoms with van der Waals surface area (Å²) < 4.78 is 22.8. The van der Waals surface area contributed by atoms with Crippen LogP contribution in [0.25, 0.3) is 6.08 Å². The Kier molecular flexibility index (Phi) is 7.04. The normalized spacial score (nSPS) is 18.1. The Morgan fingerprint density at radius 1 is 1.13 bits per heavy atom. The lowest BCUT2D eigenvalue weighted by Crippen LogP contribution is -2.41. The zero-order chi connectivity index (χ0) is 22.7. The van der Waals surface area contributed by atoms with E-state index in [4.69, 9.17) is 18.8 Å². The van der Waals surface area contributed by atoms with E-state index in [0.29, 0.717) is 22.3 Å². The van der Waals surface area contributed by atoms with Gasteiger partial charge in [-0.3, -0.25) is 4.79 Å². The molecule has 1 aliphatic rings. The molecule has 1 heterocycles. The molecule has 1 fully saturated rings. The van der Waals surface area contributed by atoms with Crippen molar-refractivity contribution < 1.29 is 28.4 Å². The molecule has 2 rings (SSSR count). The monoisotopic (exact) mass is 417 g/mol. The molecule has 1 aromatic carbocycles. The summed E-state index contributed by atoms with van der Waals surface area (Å²) in [5.74, 6) is 0.582. The lowest BCUT2D eigenvalue weighted by molar-refractivity contribution is 0.00578. The van der Waals surface area contributed by atoms with Gasteiger partial charge in [0.05, 0.1) is 18.3 Å². The second-order valence-corrected chi connectivity index (χ2v) is 9.28. The summed E-state index contributed by atoms with van der Waals surface area (Å²) in [7, 11) is 0.853. The summed E-state index contributed by atoms with van der Waals surface area (Å²) in [5, 5.41) is 2.75. The van der Waals surface area contributed by atoms with Gasteiger partial charge >= 0.3 is 13.2 Å². The van der Waals surface area contributed by atoms with Gasteiger partial charge in [-0.25, -0.2) is 4.79 Å². The molecule has 30 heavy (non-hydrogen) atoms. The van der Waals surface area contributed by atoms with Crippen molar-refractivity contribution in [3.8, 4) is 5.75 Å². The maximum atomic E-state index is 12.2. The maximum Gasteiger partial charge on any atom is 0.492 e. The van der Waals surface area contributed by atoms with E-state index in [1.165, 1.54) is 0 Å². The number of benzene rings is 1. The lowest BCUT2D eigenvalue weighted by atomic mass is 9.76. The first-order valence-electron chi connectivity index (χ1n) is 9.94. The van der Waals surface area contributed by atoms with E-state index in [1.807, 2.05) is 27.7 Å². The second kappa shape index (κ2) is 8.82. The highest BCUT2D eigenvalue weighted by atomic mass is 16.7. The molecule has 0 radical (unpaired) electrons. The van der Waals surface area contributed by atoms with E-state index in [1.54, 1.807) is 52.2 Å². The number of methoxy groups -OCH3 is 1. The summed E-state index contributed by atoms with van der Waals surface area (Å²) in [6.07, 6.45) is 2.01. The standard InChI is InChI=1S/C22H32BNO6/c1-20(2,3)28-19(26)24-13-17(23-29-21(4,5)22(6,7)30-23)11-15-9-10-18(27-8)12-16(15)14-25/h9-12,14H,13H2,1-8H3,(H,24,26). The molecule has 1 aliphatic heterocycles. The van der Waals surface area contributed by atoms with E-state index in [2.05, 4.69) is 5.32 Å². The van der Waals surface area contributed by atoms with Gasteiger partial charge < -0.3 is 24.1 Å². The number of alkyl carbamates (subject to hydrolysis) is 1. The van der Waals surface area contributed by atoms with Gasteiger partial charge in [0.15, 0.2) is 6.29 Å². The molecule has 8 heteroatoms. The molecule has 0 unspecified atom stereocenters. The van der Waals surface area contributed by atoms with Crippen molar-refractivity contribution in [2.24, 2.45) is 0 Å². The molecule has 1 saturated heterocycles. The van der Waals surface area contributed by atoms with Crippen molar-refractivity contribution in [2.45, 2.75) is 65.3 Å². The highest BCUT2D eigenvalue weighted by molar-refractivity contribution is 6.56. The number of carbonyl (C=O) groups is 2. The topological polar surface area (TPSA) is 83.1 Å². The van der Waals surface area contributed by atoms with E-state index < -0.39 is 30.0 Å². The van der Waals surface area contributed by atoms with Crippen LogP contribution in [0.3, 0.4) is 0 Å². The molecule has 0 aromatic heterocycles. The molecular formula is C22H32BNO6. The van der Waals surface area contributed by atoms with Gasteiger partial charge in [0.1, 0.15) is 11.4 Å². The highest BCUT2D eigenvalue weighted by Crippen LogP contribution is 2.39. The number of hydrogen-bond acceptors (Lipinski definition) is 6. The lowest BCUT2D eigenvalue weighted by Gasteiger charge is -2.32. The summed E-state index contributed by atoms with van der Waals surface area (Å²) in [6.45, 7) is 13.3. The van der Waals surface area contributed by atoms with Gasteiger partial charge in [0.2, 0.25) is 0 Å². The van der Waals surface area contributed by atoms with Crippen LogP contribution in [0.4, 0.5) is 4.79 Å². The Morgan fingerprint density at radius 3 is 2.23 bits per heavy atom. The molecule has 0 saturated carbocycles. The van der Waals surface area contributed by atoms with Crippen LogP contribution in [-0.4, -0.2) is 50.0 Å². The number of rotatable bonds is 6. The van der Waals surface area contributed by atoms with Crippen LogP contribution in [0, 0.1) is 0 Å². The summed E-state index contributed by atoms with van der Waals surface area (Å²) in [5.41, 5.74) is 0.0837. The van der Waals surface area contributed by atoms with Crippen molar-refractivity contribution in [3.05, 3.63) is 34.8 Å². The first-order chi connectivity index (χ1) is 13.8. The van der Waals surface area contributed by atoms with Crippen molar-refractivity contribution in [1.82, 2.24) is 5.32 Å². The minimum atomic E-state index is -0.688. The molecular weight excluding hydrogens is 385 g/mol. The molecule has 0 atom stereocenters. The first-order valence-corrected chi connectivity index (χ1v) is 9.94. The molecule has 0 spiro atoms. The van der Waals surface area contributed by atoms with Crippen molar-refractivity contribution in [1.29, 1.82) is 0 Å². The minimum absolute atomic E-state index is 0.135. The average molecular weight is 417 g/mol. The molecule has 1 aromatic rings. The molecule has 1 N–H and O–H groups in total. The van der Waals surface area contributed by atoms with Gasteiger partial charge in [-0.2, -0.15) is 0 Å². The van der Waals surface area contributed by atoms with Gasteiger partial charge in [-0.15, -0.1) is 0 Å². The zero-order valence-corrected chi connectivity index (χ0v) is 19.1. The fourth-order valence-electron chi connectivity index (χ4n) is 2.80. The third-order valence-corrected chi connectivity index (χ3v) is 5.15. The average Bonchev–Trinajstić information content (AvgIpc) is 2.84. The molecule has 0 bridgehead atoms. The number of hydrogen-bond donors (Lipinski definition) is 1. The van der Waals surface area contributed by atoms with Gasteiger partial charge in [0.25, 0.3) is 0 Å². The van der Waals surface area contributed by atoms with Crippen LogP contribution < -0.4 is 10.1 Å². The third kappa shape index (κ3) is 5.86. The summed E-state index contributed by atoms with van der Waals surface area (Å²) in [4.78, 5) is 23.8. The Morgan fingerprint density at radius 2 is 1.73 bits per heavy atom. The zero-order valence-electron chi connectivity index (χ0n) is 19.1. The maximum absolute atomic E-state index is 12.2. The molecule has 7 nitrogen and oxygen atoms in total. The predicted molar refractivity (Wildman–Crippen MR) is 117 cm³/mol. The van der Waals surface area contributed by atoms with Crippen LogP contribution in [0.1, 0.15) is 64.4 Å². The Labute approximate surface area is 179 Å². The van der Waals surface area contributed by atoms with E-state index >= 15 is 0 Å². The van der Waals surface area contributed by atoms with Gasteiger partial charge in [-0.1, -0.05) is 12.1 Å². The second-order valence-electron chi connectivity index (χ2n) is 9.28. The van der Waals surface area contributed by atoms with Crippen molar-refractivity contribution >= 4 is 25.6 Å². The van der Waals surface area contributed by atoms with Crippen LogP contribution in [0.2, 0.25) is 0 Å². The number of ether oxygens (including phenoxy) is 2. The Bertz CT molecular complexity index is 809. The van der Waals surface area contributed by atoms with Crippen molar-refractivity contribution in [2.75, 3.05) is 13.7 Å². The van der Waals surface area contributed by atoms with E-state index in [-0.39, 0.29) is 6.54 Å². The Hall–Kier alpha value is -2.32. The molecule has 0 aliphatic carbocycles. The fourth-order valence-corrected chi connectivity index (χ4v) is 2.80. The molecule has 1 amide bonds. The number of carbonyl (C=O) groups excluding carboxylic acids is 2. The summed E-state index contributed by atoms with van der Waals surface area (Å²) in [6, 6.07) is 5.20. The van der Waals surface area contributed by atoms with Crippen LogP contribution in [0.15, 0.2) is 23.7 Å². The summed E-state index contributed by atoms with van der Waals surface area (Å²) >= 11 is 0. The van der Waals surface area contributed by atoms with Gasteiger partial charge in [-0.05, 0) is 71.6 Å². The fraction of sp³-hybridized carbons (Fsp3) is 0.545. The number of amides is 1. The number of nitrogens with one attached hydrogen (secondary N) is 1. The SMILES string of the molecule is COc1ccc(C=C(CNC(=O)OC(C)(C)C)B2OC(C)(C)C(C)(C)O2)c(C=O)c1. The highest BCUT2D eigenvalue weighted by Gasteiger charge is 2.52.